The minimum atomic E-state index is -0.574. The molecule has 1 aromatic rings. The Balaban J connectivity index is 1.82. The van der Waals surface area contributed by atoms with Gasteiger partial charge in [-0.15, -0.1) is 0 Å². The van der Waals surface area contributed by atoms with Gasteiger partial charge in [0, 0.05) is 23.7 Å². The molecule has 0 unspecified atom stereocenters. The van der Waals surface area contributed by atoms with Gasteiger partial charge in [0.2, 0.25) is 0 Å². The van der Waals surface area contributed by atoms with Crippen molar-refractivity contribution < 1.29 is 23.8 Å². The van der Waals surface area contributed by atoms with Crippen molar-refractivity contribution in [3.8, 4) is 11.5 Å². The van der Waals surface area contributed by atoms with Crippen molar-refractivity contribution in [1.82, 2.24) is 5.32 Å². The van der Waals surface area contributed by atoms with Crippen molar-refractivity contribution in [2.45, 2.75) is 38.6 Å². The molecule has 0 aromatic heterocycles. The van der Waals surface area contributed by atoms with Crippen LogP contribution >= 0.6 is 0 Å². The molecule has 0 heterocycles. The summed E-state index contributed by atoms with van der Waals surface area (Å²) in [6.07, 6.45) is 7.31. The molecule has 1 saturated carbocycles. The number of hydrogen-bond acceptors (Lipinski definition) is 5. The molecule has 0 bridgehead atoms. The third-order valence-corrected chi connectivity index (χ3v) is 4.64. The second-order valence-electron chi connectivity index (χ2n) is 6.48. The van der Waals surface area contributed by atoms with Gasteiger partial charge < -0.3 is 19.5 Å². The maximum Gasteiger partial charge on any atom is 0.331 e. The monoisotopic (exact) mass is 361 g/mol. The molecule has 2 atom stereocenters. The zero-order chi connectivity index (χ0) is 18.9. The van der Waals surface area contributed by atoms with Crippen LogP contribution < -0.4 is 14.8 Å². The molecule has 2 rings (SSSR count). The number of amides is 1. The third kappa shape index (κ3) is 5.79. The Morgan fingerprint density at radius 3 is 2.65 bits per heavy atom. The molecule has 26 heavy (non-hydrogen) atoms. The lowest BCUT2D eigenvalue weighted by Gasteiger charge is -2.29. The van der Waals surface area contributed by atoms with E-state index in [2.05, 4.69) is 12.2 Å². The third-order valence-electron chi connectivity index (χ3n) is 4.64. The summed E-state index contributed by atoms with van der Waals surface area (Å²) in [5, 5.41) is 2.95. The summed E-state index contributed by atoms with van der Waals surface area (Å²) < 4.78 is 15.4. The number of carbonyl (C=O) groups excluding carboxylic acids is 2. The van der Waals surface area contributed by atoms with Gasteiger partial charge in [-0.25, -0.2) is 4.79 Å². The molecular formula is C20H27NO5. The molecule has 1 N–H and O–H groups in total. The van der Waals surface area contributed by atoms with Crippen LogP contribution in [-0.4, -0.2) is 38.7 Å². The van der Waals surface area contributed by atoms with Gasteiger partial charge in [-0.1, -0.05) is 19.8 Å². The Morgan fingerprint density at radius 1 is 1.19 bits per heavy atom. The van der Waals surface area contributed by atoms with Crippen molar-refractivity contribution in [2.24, 2.45) is 5.92 Å². The fourth-order valence-corrected chi connectivity index (χ4v) is 3.08. The number of nitrogens with one attached hydrogen (secondary N) is 1. The first kappa shape index (κ1) is 19.8. The predicted molar refractivity (Wildman–Crippen MR) is 99.1 cm³/mol. The van der Waals surface area contributed by atoms with Crippen LogP contribution in [0.3, 0.4) is 0 Å². The van der Waals surface area contributed by atoms with Crippen LogP contribution in [0.25, 0.3) is 6.08 Å². The highest BCUT2D eigenvalue weighted by Gasteiger charge is 2.22. The van der Waals surface area contributed by atoms with Gasteiger partial charge in [0.05, 0.1) is 14.2 Å². The zero-order valence-corrected chi connectivity index (χ0v) is 15.6. The zero-order valence-electron chi connectivity index (χ0n) is 15.6. The Morgan fingerprint density at radius 2 is 1.96 bits per heavy atom. The molecule has 1 aromatic carbocycles. The summed E-state index contributed by atoms with van der Waals surface area (Å²) >= 11 is 0. The van der Waals surface area contributed by atoms with Gasteiger partial charge in [0.15, 0.2) is 6.61 Å². The number of rotatable bonds is 7. The average Bonchev–Trinajstić information content (AvgIpc) is 2.66. The molecule has 6 heteroatoms. The molecule has 6 nitrogen and oxygen atoms in total. The first-order chi connectivity index (χ1) is 12.5. The number of carbonyl (C=O) groups is 2. The van der Waals surface area contributed by atoms with Gasteiger partial charge in [0.25, 0.3) is 5.91 Å². The van der Waals surface area contributed by atoms with Gasteiger partial charge in [-0.3, -0.25) is 4.79 Å². The van der Waals surface area contributed by atoms with E-state index < -0.39 is 5.97 Å². The maximum absolute atomic E-state index is 12.0. The predicted octanol–water partition coefficient (Wildman–Crippen LogP) is 2.96. The summed E-state index contributed by atoms with van der Waals surface area (Å²) in [7, 11) is 3.11. The maximum atomic E-state index is 12.0. The topological polar surface area (TPSA) is 73.9 Å². The highest BCUT2D eigenvalue weighted by molar-refractivity contribution is 5.89. The van der Waals surface area contributed by atoms with Gasteiger partial charge in [-0.2, -0.15) is 0 Å². The van der Waals surface area contributed by atoms with Crippen LogP contribution in [0.2, 0.25) is 0 Å². The Hall–Kier alpha value is -2.50. The standard InChI is InChI=1S/C20H27NO5/c1-14-6-4-5-7-17(14)21-19(22)13-26-20(23)11-9-15-8-10-16(24-2)12-18(15)25-3/h8-12,14,17H,4-7,13H2,1-3H3,(H,21,22)/b11-9+/t14-,17-/m1/s1. The van der Waals surface area contributed by atoms with Crippen LogP contribution in [0.1, 0.15) is 38.2 Å². The van der Waals surface area contributed by atoms with Crippen molar-refractivity contribution >= 4 is 18.0 Å². The van der Waals surface area contributed by atoms with Crippen molar-refractivity contribution in [3.05, 3.63) is 29.8 Å². The van der Waals surface area contributed by atoms with E-state index in [1.54, 1.807) is 38.5 Å². The average molecular weight is 361 g/mol. The highest BCUT2D eigenvalue weighted by atomic mass is 16.5. The van der Waals surface area contributed by atoms with E-state index in [0.29, 0.717) is 23.0 Å². The molecule has 0 spiro atoms. The number of esters is 1. The Bertz CT molecular complexity index is 656. The van der Waals surface area contributed by atoms with Crippen LogP contribution in [0.15, 0.2) is 24.3 Å². The summed E-state index contributed by atoms with van der Waals surface area (Å²) in [5.74, 6) is 0.876. The lowest BCUT2D eigenvalue weighted by molar-refractivity contribution is -0.144. The van der Waals surface area contributed by atoms with Crippen LogP contribution in [0.5, 0.6) is 11.5 Å². The van der Waals surface area contributed by atoms with Crippen LogP contribution in [0, 0.1) is 5.92 Å². The quantitative estimate of drug-likeness (QED) is 0.597. The summed E-state index contributed by atoms with van der Waals surface area (Å²) in [6.45, 7) is 1.87. The SMILES string of the molecule is COc1ccc(/C=C/C(=O)OCC(=O)N[C@@H]2CCCC[C@H]2C)c(OC)c1. The van der Waals surface area contributed by atoms with E-state index in [1.165, 1.54) is 12.5 Å². The molecule has 0 saturated heterocycles. The molecule has 0 aliphatic heterocycles. The fourth-order valence-electron chi connectivity index (χ4n) is 3.08. The number of methoxy groups -OCH3 is 2. The molecule has 1 fully saturated rings. The minimum absolute atomic E-state index is 0.175. The molecule has 142 valence electrons. The summed E-state index contributed by atoms with van der Waals surface area (Å²) in [5.41, 5.74) is 0.714. The van der Waals surface area contributed by atoms with Gasteiger partial charge in [0.1, 0.15) is 11.5 Å². The smallest absolute Gasteiger partial charge is 0.331 e. The summed E-state index contributed by atoms with van der Waals surface area (Å²) in [4.78, 5) is 23.8. The van der Waals surface area contributed by atoms with E-state index in [9.17, 15) is 9.59 Å². The largest absolute Gasteiger partial charge is 0.497 e. The second-order valence-corrected chi connectivity index (χ2v) is 6.48. The van der Waals surface area contributed by atoms with Crippen molar-refractivity contribution in [2.75, 3.05) is 20.8 Å². The van der Waals surface area contributed by atoms with E-state index in [-0.39, 0.29) is 18.6 Å². The normalized spacial score (nSPS) is 19.8. The van der Waals surface area contributed by atoms with E-state index in [1.807, 2.05) is 0 Å². The second kappa shape index (κ2) is 9.85. The van der Waals surface area contributed by atoms with Crippen LogP contribution in [0.4, 0.5) is 0 Å². The molecule has 1 aliphatic rings. The summed E-state index contributed by atoms with van der Waals surface area (Å²) in [6, 6.07) is 5.45. The van der Waals surface area contributed by atoms with Crippen molar-refractivity contribution in [3.63, 3.8) is 0 Å². The highest BCUT2D eigenvalue weighted by Crippen LogP contribution is 2.25. The first-order valence-electron chi connectivity index (χ1n) is 8.89. The van der Waals surface area contributed by atoms with E-state index in [4.69, 9.17) is 14.2 Å². The Kier molecular flexibility index (Phi) is 7.51. The van der Waals surface area contributed by atoms with Gasteiger partial charge in [-0.05, 0) is 37.0 Å². The molecule has 1 amide bonds. The number of hydrogen-bond donors (Lipinski definition) is 1. The van der Waals surface area contributed by atoms with Crippen molar-refractivity contribution in [1.29, 1.82) is 0 Å². The Labute approximate surface area is 154 Å². The molecule has 0 radical (unpaired) electrons. The lowest BCUT2D eigenvalue weighted by Crippen LogP contribution is -2.42. The van der Waals surface area contributed by atoms with Gasteiger partial charge >= 0.3 is 5.97 Å². The fraction of sp³-hybridized carbons (Fsp3) is 0.500. The van der Waals surface area contributed by atoms with Crippen LogP contribution in [-0.2, 0) is 14.3 Å². The lowest BCUT2D eigenvalue weighted by atomic mass is 9.86. The van der Waals surface area contributed by atoms with E-state index >= 15 is 0 Å². The number of ether oxygens (including phenoxy) is 3. The first-order valence-corrected chi connectivity index (χ1v) is 8.89. The molecular weight excluding hydrogens is 334 g/mol. The molecule has 1 aliphatic carbocycles. The number of benzene rings is 1. The minimum Gasteiger partial charge on any atom is -0.497 e. The van der Waals surface area contributed by atoms with E-state index in [0.717, 1.165) is 19.3 Å².